The summed E-state index contributed by atoms with van der Waals surface area (Å²) < 4.78 is 24.7. The van der Waals surface area contributed by atoms with Gasteiger partial charge in [0.05, 0.1) is 5.39 Å². The minimum absolute atomic E-state index is 0.0731. The van der Waals surface area contributed by atoms with E-state index in [0.29, 0.717) is 37.8 Å². The minimum Gasteiger partial charge on any atom is -0.490 e. The van der Waals surface area contributed by atoms with E-state index in [0.717, 1.165) is 11.3 Å². The van der Waals surface area contributed by atoms with Crippen molar-refractivity contribution < 1.29 is 18.7 Å². The molecule has 8 heteroatoms. The van der Waals surface area contributed by atoms with Gasteiger partial charge in [0.25, 0.3) is 5.56 Å². The Labute approximate surface area is 181 Å². The highest BCUT2D eigenvalue weighted by Gasteiger charge is 2.20. The third-order valence-electron chi connectivity index (χ3n) is 4.68. The van der Waals surface area contributed by atoms with Crippen molar-refractivity contribution in [1.29, 1.82) is 0 Å². The van der Waals surface area contributed by atoms with Gasteiger partial charge in [-0.15, -0.1) is 11.3 Å². The van der Waals surface area contributed by atoms with Gasteiger partial charge in [-0.05, 0) is 36.2 Å². The van der Waals surface area contributed by atoms with E-state index in [1.807, 2.05) is 30.3 Å². The van der Waals surface area contributed by atoms with Gasteiger partial charge >= 0.3 is 5.97 Å². The van der Waals surface area contributed by atoms with Crippen LogP contribution in [0, 0.1) is 12.7 Å². The number of para-hydroxylation sites is 1. The Bertz CT molecular complexity index is 1280. The Morgan fingerprint density at radius 1 is 1.10 bits per heavy atom. The van der Waals surface area contributed by atoms with E-state index in [9.17, 15) is 14.0 Å². The zero-order valence-electron chi connectivity index (χ0n) is 16.7. The van der Waals surface area contributed by atoms with Crippen LogP contribution in [0.15, 0.2) is 59.4 Å². The van der Waals surface area contributed by atoms with Gasteiger partial charge in [0, 0.05) is 6.42 Å². The smallest absolute Gasteiger partial charge is 0.348 e. The Hall–Kier alpha value is -3.52. The lowest BCUT2D eigenvalue weighted by Gasteiger charge is -2.06. The van der Waals surface area contributed by atoms with Gasteiger partial charge in [0.1, 0.15) is 40.3 Å². The van der Waals surface area contributed by atoms with E-state index in [1.54, 1.807) is 25.1 Å². The first kappa shape index (κ1) is 20.7. The second-order valence-electron chi connectivity index (χ2n) is 6.81. The molecule has 0 saturated carbocycles. The number of nitrogens with zero attached hydrogens (tertiary/aromatic N) is 1. The van der Waals surface area contributed by atoms with Crippen LogP contribution in [0.3, 0.4) is 0 Å². The molecule has 0 aliphatic heterocycles. The van der Waals surface area contributed by atoms with Crippen LogP contribution in [0.5, 0.6) is 5.75 Å². The van der Waals surface area contributed by atoms with Crippen molar-refractivity contribution >= 4 is 27.5 Å². The monoisotopic (exact) mass is 438 g/mol. The van der Waals surface area contributed by atoms with Crippen molar-refractivity contribution in [3.05, 3.63) is 92.6 Å². The van der Waals surface area contributed by atoms with E-state index in [1.165, 1.54) is 6.07 Å². The highest BCUT2D eigenvalue weighted by Crippen LogP contribution is 2.28. The molecule has 0 saturated heterocycles. The summed E-state index contributed by atoms with van der Waals surface area (Å²) >= 11 is 1.09. The van der Waals surface area contributed by atoms with Crippen LogP contribution < -0.4 is 10.3 Å². The van der Waals surface area contributed by atoms with Gasteiger partial charge in [0.2, 0.25) is 0 Å². The van der Waals surface area contributed by atoms with E-state index >= 15 is 0 Å². The number of fused-ring (bicyclic) bond motifs is 1. The lowest BCUT2D eigenvalue weighted by molar-refractivity contribution is 0.0455. The zero-order chi connectivity index (χ0) is 21.8. The summed E-state index contributed by atoms with van der Waals surface area (Å²) in [6, 6.07) is 15.5. The van der Waals surface area contributed by atoms with E-state index in [4.69, 9.17) is 9.47 Å². The maximum absolute atomic E-state index is 13.9. The van der Waals surface area contributed by atoms with Crippen LogP contribution in [0.4, 0.5) is 4.39 Å². The number of aryl methyl sites for hydroxylation is 1. The van der Waals surface area contributed by atoms with E-state index in [-0.39, 0.29) is 31.0 Å². The summed E-state index contributed by atoms with van der Waals surface area (Å²) in [7, 11) is 0. The Morgan fingerprint density at radius 2 is 1.84 bits per heavy atom. The summed E-state index contributed by atoms with van der Waals surface area (Å²) in [6.07, 6.45) is 0.144. The normalized spacial score (nSPS) is 10.9. The number of benzene rings is 2. The number of aromatic nitrogens is 2. The third-order valence-corrected chi connectivity index (χ3v) is 5.84. The number of rotatable bonds is 7. The number of ether oxygens (including phenoxy) is 2. The molecule has 0 aliphatic rings. The van der Waals surface area contributed by atoms with E-state index < -0.39 is 5.97 Å². The molecular weight excluding hydrogens is 419 g/mol. The molecule has 2 aromatic heterocycles. The van der Waals surface area contributed by atoms with Crippen LogP contribution in [-0.4, -0.2) is 29.2 Å². The van der Waals surface area contributed by atoms with Crippen LogP contribution in [0.25, 0.3) is 10.2 Å². The number of nitrogens with one attached hydrogen (secondary N) is 1. The first-order valence-electron chi connectivity index (χ1n) is 9.63. The van der Waals surface area contributed by atoms with E-state index in [2.05, 4.69) is 9.97 Å². The van der Waals surface area contributed by atoms with Gasteiger partial charge in [-0.3, -0.25) is 4.79 Å². The molecule has 0 amide bonds. The number of hydrogen-bond donors (Lipinski definition) is 1. The fourth-order valence-corrected chi connectivity index (χ4v) is 4.26. The number of hydrogen-bond acceptors (Lipinski definition) is 6. The fraction of sp³-hybridized carbons (Fsp3) is 0.174. The average molecular weight is 438 g/mol. The first-order chi connectivity index (χ1) is 15.0. The largest absolute Gasteiger partial charge is 0.490 e. The Morgan fingerprint density at radius 3 is 2.61 bits per heavy atom. The van der Waals surface area contributed by atoms with Crippen molar-refractivity contribution in [1.82, 2.24) is 9.97 Å². The number of aromatic amines is 1. The molecule has 0 fully saturated rings. The Kier molecular flexibility index (Phi) is 6.08. The zero-order valence-corrected chi connectivity index (χ0v) is 17.5. The summed E-state index contributed by atoms with van der Waals surface area (Å²) in [4.78, 5) is 33.0. The molecular formula is C23H19FN2O4S. The van der Waals surface area contributed by atoms with Crippen molar-refractivity contribution in [3.8, 4) is 5.75 Å². The number of H-pyrrole nitrogens is 1. The van der Waals surface area contributed by atoms with Gasteiger partial charge < -0.3 is 14.5 Å². The van der Waals surface area contributed by atoms with Crippen molar-refractivity contribution in [2.75, 3.05) is 13.2 Å². The quantitative estimate of drug-likeness (QED) is 0.344. The van der Waals surface area contributed by atoms with Gasteiger partial charge in [-0.2, -0.15) is 0 Å². The van der Waals surface area contributed by atoms with Crippen LogP contribution in [0.1, 0.15) is 26.6 Å². The SMILES string of the molecule is Cc1c(C(=O)OCCOc2ccccc2)sc2nc(Cc3ccccc3F)[nH]c(=O)c12. The number of carbonyl (C=O) groups excluding carboxylic acids is 1. The number of thiophene rings is 1. The number of halogens is 1. The van der Waals surface area contributed by atoms with Crippen molar-refractivity contribution in [3.63, 3.8) is 0 Å². The predicted molar refractivity (Wildman–Crippen MR) is 116 cm³/mol. The summed E-state index contributed by atoms with van der Waals surface area (Å²) in [6.45, 7) is 1.97. The average Bonchev–Trinajstić information content (AvgIpc) is 3.10. The van der Waals surface area contributed by atoms with Crippen molar-refractivity contribution in [2.45, 2.75) is 13.3 Å². The molecule has 0 spiro atoms. The second kappa shape index (κ2) is 9.09. The fourth-order valence-electron chi connectivity index (χ4n) is 3.17. The van der Waals surface area contributed by atoms with Crippen molar-refractivity contribution in [2.24, 2.45) is 0 Å². The van der Waals surface area contributed by atoms with Crippen LogP contribution >= 0.6 is 11.3 Å². The molecule has 1 N–H and O–H groups in total. The number of carbonyl (C=O) groups is 1. The third kappa shape index (κ3) is 4.64. The molecule has 6 nitrogen and oxygen atoms in total. The standard InChI is InChI=1S/C23H19FN2O4S/c1-14-19-21(27)25-18(13-15-7-5-6-10-17(15)24)26-22(19)31-20(14)23(28)30-12-11-29-16-8-3-2-4-9-16/h2-10H,11-13H2,1H3,(H,25,26,27). The molecule has 158 valence electrons. The summed E-state index contributed by atoms with van der Waals surface area (Å²) in [5.41, 5.74) is 0.577. The molecule has 4 aromatic rings. The molecule has 2 heterocycles. The van der Waals surface area contributed by atoms with Crippen LogP contribution in [-0.2, 0) is 11.2 Å². The van der Waals surface area contributed by atoms with Gasteiger partial charge in [-0.1, -0.05) is 36.4 Å². The molecule has 0 bridgehead atoms. The molecule has 31 heavy (non-hydrogen) atoms. The first-order valence-corrected chi connectivity index (χ1v) is 10.4. The molecule has 4 rings (SSSR count). The molecule has 0 aliphatic carbocycles. The summed E-state index contributed by atoms with van der Waals surface area (Å²) in [5.74, 6) is 0.122. The molecule has 2 aromatic carbocycles. The second-order valence-corrected chi connectivity index (χ2v) is 7.81. The predicted octanol–water partition coefficient (Wildman–Crippen LogP) is 4.26. The lowest BCUT2D eigenvalue weighted by atomic mass is 10.1. The Balaban J connectivity index is 1.49. The van der Waals surface area contributed by atoms with Gasteiger partial charge in [-0.25, -0.2) is 14.2 Å². The summed E-state index contributed by atoms with van der Waals surface area (Å²) in [5, 5.41) is 0.342. The molecule has 0 unspecified atom stereocenters. The lowest BCUT2D eigenvalue weighted by Crippen LogP contribution is -2.13. The highest BCUT2D eigenvalue weighted by molar-refractivity contribution is 7.20. The highest BCUT2D eigenvalue weighted by atomic mass is 32.1. The molecule has 0 atom stereocenters. The topological polar surface area (TPSA) is 81.3 Å². The van der Waals surface area contributed by atoms with Gasteiger partial charge in [0.15, 0.2) is 0 Å². The number of esters is 1. The minimum atomic E-state index is -0.535. The van der Waals surface area contributed by atoms with Crippen LogP contribution in [0.2, 0.25) is 0 Å². The molecule has 0 radical (unpaired) electrons. The maximum atomic E-state index is 13.9. The maximum Gasteiger partial charge on any atom is 0.348 e.